The van der Waals surface area contributed by atoms with Crippen molar-refractivity contribution in [1.29, 1.82) is 0 Å². The Balaban J connectivity index is 1.81. The van der Waals surface area contributed by atoms with E-state index >= 15 is 0 Å². The van der Waals surface area contributed by atoms with Gasteiger partial charge in [0, 0.05) is 7.11 Å². The summed E-state index contributed by atoms with van der Waals surface area (Å²) in [4.78, 5) is 0. The van der Waals surface area contributed by atoms with Crippen LogP contribution in [0.15, 0.2) is 103 Å². The van der Waals surface area contributed by atoms with Crippen LogP contribution in [0.4, 0.5) is 0 Å². The van der Waals surface area contributed by atoms with Gasteiger partial charge in [-0.1, -0.05) is 117 Å². The van der Waals surface area contributed by atoms with Crippen molar-refractivity contribution in [2.24, 2.45) is 11.8 Å². The lowest BCUT2D eigenvalue weighted by atomic mass is 9.80. The Labute approximate surface area is 199 Å². The highest BCUT2D eigenvalue weighted by Gasteiger charge is 2.37. The first kappa shape index (κ1) is 24.9. The molecule has 0 aliphatic carbocycles. The molecule has 0 aromatic heterocycles. The van der Waals surface area contributed by atoms with Crippen LogP contribution >= 0.6 is 0 Å². The van der Waals surface area contributed by atoms with Crippen LogP contribution in [0.3, 0.4) is 0 Å². The van der Waals surface area contributed by atoms with Crippen molar-refractivity contribution < 1.29 is 14.2 Å². The summed E-state index contributed by atoms with van der Waals surface area (Å²) in [6, 6.07) is 31.6. The van der Waals surface area contributed by atoms with Crippen molar-refractivity contribution in [1.82, 2.24) is 0 Å². The van der Waals surface area contributed by atoms with Gasteiger partial charge in [0.1, 0.15) is 12.4 Å². The summed E-state index contributed by atoms with van der Waals surface area (Å²) in [5, 5.41) is 0. The molecule has 3 rings (SSSR count). The molecule has 0 radical (unpaired) electrons. The fourth-order valence-corrected chi connectivity index (χ4v) is 4.02. The molecule has 2 atom stereocenters. The first-order valence-corrected chi connectivity index (χ1v) is 11.7. The molecular formula is C30H36O3. The van der Waals surface area contributed by atoms with Gasteiger partial charge in [-0.2, -0.15) is 0 Å². The lowest BCUT2D eigenvalue weighted by Gasteiger charge is -2.36. The first-order chi connectivity index (χ1) is 16.2. The number of allylic oxidation sites excluding steroid dienone is 1. The number of hydrogen-bond donors (Lipinski definition) is 0. The van der Waals surface area contributed by atoms with Crippen LogP contribution in [0.1, 0.15) is 37.0 Å². The van der Waals surface area contributed by atoms with Crippen LogP contribution in [0.5, 0.6) is 0 Å². The molecule has 3 heteroatoms. The average Bonchev–Trinajstić information content (AvgIpc) is 2.86. The molecule has 0 saturated carbocycles. The van der Waals surface area contributed by atoms with Crippen LogP contribution in [-0.4, -0.2) is 27.1 Å². The fraction of sp³-hybridized carbons (Fsp3) is 0.333. The largest absolute Gasteiger partial charge is 0.361 e. The van der Waals surface area contributed by atoms with Crippen molar-refractivity contribution in [3.05, 3.63) is 120 Å². The molecule has 0 bridgehead atoms. The van der Waals surface area contributed by atoms with Gasteiger partial charge >= 0.3 is 0 Å². The quantitative estimate of drug-likeness (QED) is 0.125. The zero-order chi connectivity index (χ0) is 23.4. The molecule has 33 heavy (non-hydrogen) atoms. The normalized spacial score (nSPS) is 13.8. The Morgan fingerprint density at radius 2 is 1.21 bits per heavy atom. The van der Waals surface area contributed by atoms with E-state index in [4.69, 9.17) is 14.2 Å². The van der Waals surface area contributed by atoms with Gasteiger partial charge in [0.05, 0.1) is 13.2 Å². The molecule has 0 spiro atoms. The summed E-state index contributed by atoms with van der Waals surface area (Å²) in [5.41, 5.74) is 2.74. The minimum absolute atomic E-state index is 0.336. The molecule has 0 amide bonds. The third-order valence-corrected chi connectivity index (χ3v) is 5.71. The van der Waals surface area contributed by atoms with E-state index in [0.29, 0.717) is 31.8 Å². The van der Waals surface area contributed by atoms with Crippen LogP contribution < -0.4 is 0 Å². The van der Waals surface area contributed by atoms with Crippen LogP contribution in [0.25, 0.3) is 0 Å². The lowest BCUT2D eigenvalue weighted by Crippen LogP contribution is -2.34. The molecule has 0 unspecified atom stereocenters. The van der Waals surface area contributed by atoms with Gasteiger partial charge in [0.2, 0.25) is 0 Å². The Morgan fingerprint density at radius 3 is 1.67 bits per heavy atom. The minimum atomic E-state index is -0.664. The van der Waals surface area contributed by atoms with Crippen LogP contribution in [0.2, 0.25) is 0 Å². The zero-order valence-corrected chi connectivity index (χ0v) is 20.0. The maximum Gasteiger partial charge on any atom is 0.146 e. The molecule has 3 aromatic rings. The van der Waals surface area contributed by atoms with E-state index in [0.717, 1.165) is 23.1 Å². The summed E-state index contributed by atoms with van der Waals surface area (Å²) in [6.45, 7) is 6.02. The second kappa shape index (κ2) is 13.1. The number of benzene rings is 3. The van der Waals surface area contributed by atoms with Gasteiger partial charge in [-0.05, 0) is 34.9 Å². The molecule has 0 aliphatic rings. The van der Waals surface area contributed by atoms with Gasteiger partial charge in [-0.15, -0.1) is 0 Å². The van der Waals surface area contributed by atoms with E-state index in [-0.39, 0.29) is 0 Å². The Hall–Kier alpha value is -2.72. The predicted molar refractivity (Wildman–Crippen MR) is 135 cm³/mol. The molecule has 0 N–H and O–H groups in total. The highest BCUT2D eigenvalue weighted by Crippen LogP contribution is 2.40. The summed E-state index contributed by atoms with van der Waals surface area (Å²) < 4.78 is 17.3. The Bertz CT molecular complexity index is 841. The van der Waals surface area contributed by atoms with E-state index < -0.39 is 5.60 Å². The number of methoxy groups -OCH3 is 1. The van der Waals surface area contributed by atoms with Crippen LogP contribution in [-0.2, 0) is 19.8 Å². The van der Waals surface area contributed by atoms with E-state index in [9.17, 15) is 0 Å². The minimum Gasteiger partial charge on any atom is -0.361 e. The predicted octanol–water partition coefficient (Wildman–Crippen LogP) is 6.83. The molecule has 3 nitrogen and oxygen atoms in total. The van der Waals surface area contributed by atoms with E-state index in [1.807, 2.05) is 0 Å². The van der Waals surface area contributed by atoms with Crippen molar-refractivity contribution >= 4 is 0 Å². The van der Waals surface area contributed by atoms with Crippen molar-refractivity contribution in [2.45, 2.75) is 25.9 Å². The van der Waals surface area contributed by atoms with Crippen LogP contribution in [0, 0.1) is 11.8 Å². The smallest absolute Gasteiger partial charge is 0.146 e. The maximum absolute atomic E-state index is 6.91. The van der Waals surface area contributed by atoms with Crippen molar-refractivity contribution in [3.63, 3.8) is 0 Å². The highest BCUT2D eigenvalue weighted by atomic mass is 16.7. The third kappa shape index (κ3) is 6.88. The zero-order valence-electron chi connectivity index (χ0n) is 20.0. The maximum atomic E-state index is 6.91. The van der Waals surface area contributed by atoms with E-state index in [2.05, 4.69) is 117 Å². The number of rotatable bonds is 13. The fourth-order valence-electron chi connectivity index (χ4n) is 4.02. The summed E-state index contributed by atoms with van der Waals surface area (Å²) in [6.07, 6.45) is 5.40. The van der Waals surface area contributed by atoms with E-state index in [1.54, 1.807) is 7.11 Å². The molecule has 174 valence electrons. The molecule has 0 fully saturated rings. The summed E-state index contributed by atoms with van der Waals surface area (Å²) >= 11 is 0. The molecule has 0 aliphatic heterocycles. The summed E-state index contributed by atoms with van der Waals surface area (Å²) in [5.74, 6) is 0.717. The first-order valence-electron chi connectivity index (χ1n) is 11.7. The summed E-state index contributed by atoms with van der Waals surface area (Å²) in [7, 11) is 1.64. The molecule has 0 saturated heterocycles. The van der Waals surface area contributed by atoms with E-state index in [1.165, 1.54) is 0 Å². The van der Waals surface area contributed by atoms with Gasteiger partial charge in [-0.25, -0.2) is 0 Å². The average molecular weight is 445 g/mol. The van der Waals surface area contributed by atoms with Crippen molar-refractivity contribution in [2.75, 3.05) is 27.1 Å². The van der Waals surface area contributed by atoms with Gasteiger partial charge in [0.15, 0.2) is 0 Å². The molecular weight excluding hydrogens is 408 g/mol. The second-order valence-electron chi connectivity index (χ2n) is 8.61. The number of ether oxygens (including phenoxy) is 3. The Kier molecular flexibility index (Phi) is 9.89. The lowest BCUT2D eigenvalue weighted by molar-refractivity contribution is -0.0371. The monoisotopic (exact) mass is 444 g/mol. The van der Waals surface area contributed by atoms with Crippen molar-refractivity contribution in [3.8, 4) is 0 Å². The third-order valence-electron chi connectivity index (χ3n) is 5.71. The topological polar surface area (TPSA) is 27.7 Å². The SMILES string of the molecule is COCOC[C@H](C)/C=C\C[C@H](C)COC(c1ccccc1)(c1ccccc1)c1ccccc1. The molecule has 0 heterocycles. The molecule has 3 aromatic carbocycles. The van der Waals surface area contributed by atoms with Gasteiger partial charge in [-0.3, -0.25) is 0 Å². The Morgan fingerprint density at radius 1 is 0.727 bits per heavy atom. The van der Waals surface area contributed by atoms with Gasteiger partial charge < -0.3 is 14.2 Å². The standard InChI is InChI=1S/C30H36O3/c1-25(22-32-24-31-3)14-13-15-26(2)23-33-30(27-16-7-4-8-17-27,28-18-9-5-10-19-28)29-20-11-6-12-21-29/h4-14,16-21,25-26H,15,22-24H2,1-3H3/b14-13-/t25-,26+/m1/s1. The van der Waals surface area contributed by atoms with Gasteiger partial charge in [0.25, 0.3) is 0 Å². The highest BCUT2D eigenvalue weighted by molar-refractivity contribution is 5.47. The number of hydrogen-bond acceptors (Lipinski definition) is 3. The second-order valence-corrected chi connectivity index (χ2v) is 8.61.